The lowest BCUT2D eigenvalue weighted by Crippen LogP contribution is -2.13. The van der Waals surface area contributed by atoms with E-state index in [0.717, 1.165) is 17.4 Å². The maximum absolute atomic E-state index is 12.2. The number of hydrogen-bond donors (Lipinski definition) is 1. The largest absolute Gasteiger partial charge is 0.487 e. The molecule has 132 valence electrons. The summed E-state index contributed by atoms with van der Waals surface area (Å²) in [6.45, 7) is 3.86. The van der Waals surface area contributed by atoms with Gasteiger partial charge >= 0.3 is 11.7 Å². The van der Waals surface area contributed by atoms with Crippen molar-refractivity contribution in [2.75, 3.05) is 18.5 Å². The van der Waals surface area contributed by atoms with Crippen molar-refractivity contribution in [3.05, 3.63) is 45.0 Å². The Balaban J connectivity index is 2.17. The molecule has 1 heterocycles. The van der Waals surface area contributed by atoms with Crippen molar-refractivity contribution in [3.8, 4) is 5.75 Å². The fourth-order valence-electron chi connectivity index (χ4n) is 1.88. The second-order valence-electron chi connectivity index (χ2n) is 4.59. The molecule has 0 atom stereocenters. The summed E-state index contributed by atoms with van der Waals surface area (Å²) in [5.41, 5.74) is -0.149. The number of amides is 1. The van der Waals surface area contributed by atoms with Gasteiger partial charge in [0.25, 0.3) is 5.91 Å². The molecule has 0 saturated carbocycles. The monoisotopic (exact) mass is 365 g/mol. The van der Waals surface area contributed by atoms with Crippen molar-refractivity contribution in [2.45, 2.75) is 13.8 Å². The Morgan fingerprint density at radius 2 is 2.08 bits per heavy atom. The quantitative estimate of drug-likeness (QED) is 0.455. The first-order chi connectivity index (χ1) is 12.0. The Kier molecular flexibility index (Phi) is 6.01. The molecule has 2 rings (SSSR count). The number of ether oxygens (including phenoxy) is 2. The highest BCUT2D eigenvalue weighted by atomic mass is 32.1. The molecule has 0 spiro atoms. The fraction of sp³-hybridized carbons (Fsp3) is 0.267. The average Bonchev–Trinajstić information content (AvgIpc) is 3.04. The molecule has 0 aliphatic carbocycles. The van der Waals surface area contributed by atoms with Crippen molar-refractivity contribution >= 4 is 34.0 Å². The molecule has 10 heteroatoms. The van der Waals surface area contributed by atoms with E-state index in [0.29, 0.717) is 0 Å². The number of nitrogens with zero attached hydrogens (tertiary/aromatic N) is 2. The van der Waals surface area contributed by atoms with E-state index in [1.165, 1.54) is 17.5 Å². The molecule has 1 aromatic carbocycles. The number of nitrogens with one attached hydrogen (secondary N) is 1. The molecule has 0 bridgehead atoms. The first-order valence-corrected chi connectivity index (χ1v) is 8.19. The number of nitro groups is 1. The topological polar surface area (TPSA) is 121 Å². The van der Waals surface area contributed by atoms with Gasteiger partial charge < -0.3 is 9.47 Å². The summed E-state index contributed by atoms with van der Waals surface area (Å²) in [5, 5.41) is 15.2. The molecule has 0 radical (unpaired) electrons. The minimum absolute atomic E-state index is 0.0723. The summed E-state index contributed by atoms with van der Waals surface area (Å²) < 4.78 is 9.98. The van der Waals surface area contributed by atoms with Crippen molar-refractivity contribution < 1.29 is 24.0 Å². The normalized spacial score (nSPS) is 10.2. The molecule has 0 aliphatic heterocycles. The molecule has 0 aliphatic rings. The van der Waals surface area contributed by atoms with Crippen LogP contribution in [0.4, 0.5) is 10.8 Å². The van der Waals surface area contributed by atoms with Crippen LogP contribution in [-0.2, 0) is 4.74 Å². The highest BCUT2D eigenvalue weighted by Crippen LogP contribution is 2.28. The summed E-state index contributed by atoms with van der Waals surface area (Å²) in [4.78, 5) is 38.2. The highest BCUT2D eigenvalue weighted by Gasteiger charge is 2.20. The predicted octanol–water partition coefficient (Wildman–Crippen LogP) is 2.88. The van der Waals surface area contributed by atoms with Crippen LogP contribution >= 0.6 is 11.3 Å². The summed E-state index contributed by atoms with van der Waals surface area (Å²) >= 11 is 1.05. The van der Waals surface area contributed by atoms with Crippen LogP contribution < -0.4 is 10.1 Å². The van der Waals surface area contributed by atoms with Gasteiger partial charge in [0.2, 0.25) is 0 Å². The lowest BCUT2D eigenvalue weighted by atomic mass is 10.2. The van der Waals surface area contributed by atoms with Crippen LogP contribution in [0.5, 0.6) is 5.75 Å². The van der Waals surface area contributed by atoms with E-state index in [1.54, 1.807) is 13.8 Å². The van der Waals surface area contributed by atoms with Gasteiger partial charge in [-0.05, 0) is 26.0 Å². The molecule has 0 fully saturated rings. The van der Waals surface area contributed by atoms with Gasteiger partial charge in [-0.2, -0.15) is 0 Å². The van der Waals surface area contributed by atoms with Crippen LogP contribution in [0, 0.1) is 10.1 Å². The van der Waals surface area contributed by atoms with Crippen molar-refractivity contribution in [3.63, 3.8) is 0 Å². The lowest BCUT2D eigenvalue weighted by molar-refractivity contribution is -0.385. The number of aromatic nitrogens is 1. The Morgan fingerprint density at radius 3 is 2.72 bits per heavy atom. The molecule has 25 heavy (non-hydrogen) atoms. The zero-order chi connectivity index (χ0) is 18.4. The van der Waals surface area contributed by atoms with Gasteiger partial charge in [0, 0.05) is 17.0 Å². The zero-order valence-electron chi connectivity index (χ0n) is 13.5. The van der Waals surface area contributed by atoms with E-state index in [2.05, 4.69) is 10.3 Å². The van der Waals surface area contributed by atoms with E-state index >= 15 is 0 Å². The van der Waals surface area contributed by atoms with Gasteiger partial charge in [0.05, 0.1) is 18.1 Å². The first-order valence-electron chi connectivity index (χ1n) is 7.31. The molecular formula is C15H15N3O6S. The number of carbonyl (C=O) groups is 2. The smallest absolute Gasteiger partial charge is 0.357 e. The number of anilines is 1. The van der Waals surface area contributed by atoms with Crippen LogP contribution in [0.1, 0.15) is 34.7 Å². The molecule has 9 nitrogen and oxygen atoms in total. The van der Waals surface area contributed by atoms with Gasteiger partial charge in [0.1, 0.15) is 0 Å². The van der Waals surface area contributed by atoms with E-state index in [-0.39, 0.29) is 41.0 Å². The number of hydrogen-bond acceptors (Lipinski definition) is 8. The van der Waals surface area contributed by atoms with Crippen LogP contribution in [0.15, 0.2) is 23.6 Å². The van der Waals surface area contributed by atoms with E-state index in [4.69, 9.17) is 9.47 Å². The maximum Gasteiger partial charge on any atom is 0.357 e. The van der Waals surface area contributed by atoms with Gasteiger partial charge in [-0.15, -0.1) is 11.3 Å². The molecule has 1 N–H and O–H groups in total. The third-order valence-corrected chi connectivity index (χ3v) is 3.68. The SMILES string of the molecule is CCOC(=O)c1csc(NC(=O)c2ccc(OCC)c([N+](=O)[O-])c2)n1. The zero-order valence-corrected chi connectivity index (χ0v) is 14.3. The van der Waals surface area contributed by atoms with Gasteiger partial charge in [0.15, 0.2) is 16.6 Å². The van der Waals surface area contributed by atoms with E-state index < -0.39 is 16.8 Å². The second kappa shape index (κ2) is 8.20. The predicted molar refractivity (Wildman–Crippen MR) is 90.3 cm³/mol. The maximum atomic E-state index is 12.2. The summed E-state index contributed by atoms with van der Waals surface area (Å²) in [6, 6.07) is 3.90. The summed E-state index contributed by atoms with van der Waals surface area (Å²) in [7, 11) is 0. The van der Waals surface area contributed by atoms with Gasteiger partial charge in [-0.3, -0.25) is 20.2 Å². The number of esters is 1. The Morgan fingerprint density at radius 1 is 1.32 bits per heavy atom. The highest BCUT2D eigenvalue weighted by molar-refractivity contribution is 7.14. The average molecular weight is 365 g/mol. The molecular weight excluding hydrogens is 350 g/mol. The number of rotatable bonds is 7. The summed E-state index contributed by atoms with van der Waals surface area (Å²) in [5.74, 6) is -1.09. The Labute approximate surface area is 146 Å². The van der Waals surface area contributed by atoms with Crippen LogP contribution in [0.3, 0.4) is 0 Å². The number of carbonyl (C=O) groups excluding carboxylic acids is 2. The second-order valence-corrected chi connectivity index (χ2v) is 5.44. The van der Waals surface area contributed by atoms with Crippen molar-refractivity contribution in [1.82, 2.24) is 4.98 Å². The molecule has 0 unspecified atom stereocenters. The third-order valence-electron chi connectivity index (χ3n) is 2.93. The first kappa shape index (κ1) is 18.3. The van der Waals surface area contributed by atoms with Crippen molar-refractivity contribution in [2.24, 2.45) is 0 Å². The molecule has 2 aromatic rings. The van der Waals surface area contributed by atoms with Gasteiger partial charge in [-0.25, -0.2) is 9.78 Å². The van der Waals surface area contributed by atoms with Crippen LogP contribution in [0.25, 0.3) is 0 Å². The molecule has 1 amide bonds. The minimum atomic E-state index is -0.621. The summed E-state index contributed by atoms with van der Waals surface area (Å²) in [6.07, 6.45) is 0. The Bertz CT molecular complexity index is 804. The molecule has 1 aromatic heterocycles. The van der Waals surface area contributed by atoms with E-state index in [9.17, 15) is 19.7 Å². The Hall–Kier alpha value is -3.01. The minimum Gasteiger partial charge on any atom is -0.487 e. The lowest BCUT2D eigenvalue weighted by Gasteiger charge is -2.06. The van der Waals surface area contributed by atoms with Gasteiger partial charge in [-0.1, -0.05) is 0 Å². The van der Waals surface area contributed by atoms with Crippen molar-refractivity contribution in [1.29, 1.82) is 0 Å². The number of benzene rings is 1. The van der Waals surface area contributed by atoms with Crippen LogP contribution in [0.2, 0.25) is 0 Å². The standard InChI is InChI=1S/C15H15N3O6S/c1-3-23-12-6-5-9(7-11(12)18(21)22)13(19)17-15-16-10(8-25-15)14(20)24-4-2/h5-8H,3-4H2,1-2H3,(H,16,17,19). The third kappa shape index (κ3) is 4.51. The number of thiazole rings is 1. The number of nitro benzene ring substituents is 1. The van der Waals surface area contributed by atoms with Crippen LogP contribution in [-0.4, -0.2) is 35.0 Å². The molecule has 0 saturated heterocycles. The fourth-order valence-corrected chi connectivity index (χ4v) is 2.55. The van der Waals surface area contributed by atoms with E-state index in [1.807, 2.05) is 0 Å².